The van der Waals surface area contributed by atoms with Crippen LogP contribution in [-0.4, -0.2) is 19.1 Å². The molecule has 0 bridgehead atoms. The van der Waals surface area contributed by atoms with E-state index in [-0.39, 0.29) is 11.4 Å². The molecule has 0 saturated carbocycles. The third-order valence-electron chi connectivity index (χ3n) is 2.41. The van der Waals surface area contributed by atoms with E-state index in [0.717, 1.165) is 0 Å². The van der Waals surface area contributed by atoms with E-state index in [0.29, 0.717) is 12.0 Å². The van der Waals surface area contributed by atoms with Crippen LogP contribution in [0.5, 0.6) is 0 Å². The van der Waals surface area contributed by atoms with Gasteiger partial charge < -0.3 is 0 Å². The van der Waals surface area contributed by atoms with Crippen LogP contribution in [0, 0.1) is 10.1 Å². The second kappa shape index (κ2) is 5.92. The average Bonchev–Trinajstić information content (AvgIpc) is 2.28. The number of nitrogens with one attached hydrogen (secondary N) is 1. The second-order valence-corrected chi connectivity index (χ2v) is 5.88. The van der Waals surface area contributed by atoms with Gasteiger partial charge in [-0.2, -0.15) is 0 Å². The number of hydrogen-bond acceptors (Lipinski definition) is 4. The van der Waals surface area contributed by atoms with Crippen LogP contribution >= 0.6 is 0 Å². The first-order chi connectivity index (χ1) is 8.35. The van der Waals surface area contributed by atoms with E-state index in [2.05, 4.69) is 4.72 Å². The van der Waals surface area contributed by atoms with Crippen LogP contribution in [0.15, 0.2) is 24.3 Å². The van der Waals surface area contributed by atoms with Crippen molar-refractivity contribution in [3.8, 4) is 0 Å². The molecule has 1 atom stereocenters. The largest absolute Gasteiger partial charge is 0.269 e. The van der Waals surface area contributed by atoms with Gasteiger partial charge >= 0.3 is 0 Å². The monoisotopic (exact) mass is 272 g/mol. The Bertz CT molecular complexity index is 528. The summed E-state index contributed by atoms with van der Waals surface area (Å²) in [6.07, 6.45) is 0.525. The highest BCUT2D eigenvalue weighted by Gasteiger charge is 2.16. The summed E-state index contributed by atoms with van der Waals surface area (Å²) in [4.78, 5) is 10.1. The van der Waals surface area contributed by atoms with E-state index < -0.39 is 21.0 Å². The highest BCUT2D eigenvalue weighted by atomic mass is 32.2. The topological polar surface area (TPSA) is 89.3 Å². The lowest BCUT2D eigenvalue weighted by atomic mass is 10.1. The zero-order valence-corrected chi connectivity index (χ0v) is 11.1. The Morgan fingerprint density at radius 3 is 2.67 bits per heavy atom. The summed E-state index contributed by atoms with van der Waals surface area (Å²) >= 11 is 0. The fourth-order valence-corrected chi connectivity index (χ4v) is 2.90. The van der Waals surface area contributed by atoms with Gasteiger partial charge in [0.25, 0.3) is 5.69 Å². The van der Waals surface area contributed by atoms with Crippen molar-refractivity contribution in [3.05, 3.63) is 39.9 Å². The Morgan fingerprint density at radius 2 is 2.11 bits per heavy atom. The van der Waals surface area contributed by atoms with E-state index in [1.54, 1.807) is 19.9 Å². The number of benzene rings is 1. The summed E-state index contributed by atoms with van der Waals surface area (Å²) < 4.78 is 25.7. The highest BCUT2D eigenvalue weighted by molar-refractivity contribution is 7.89. The molecule has 1 N–H and O–H groups in total. The van der Waals surface area contributed by atoms with Gasteiger partial charge in [-0.1, -0.05) is 19.1 Å². The van der Waals surface area contributed by atoms with Gasteiger partial charge in [-0.25, -0.2) is 13.1 Å². The van der Waals surface area contributed by atoms with Gasteiger partial charge in [0.15, 0.2) is 0 Å². The molecular formula is C11H16N2O4S. The minimum atomic E-state index is -3.33. The maximum Gasteiger partial charge on any atom is 0.269 e. The molecule has 6 nitrogen and oxygen atoms in total. The van der Waals surface area contributed by atoms with Crippen molar-refractivity contribution in [1.29, 1.82) is 0 Å². The molecule has 100 valence electrons. The molecule has 1 rings (SSSR count). The summed E-state index contributed by atoms with van der Waals surface area (Å²) in [5, 5.41) is 10.6. The molecule has 1 aromatic rings. The van der Waals surface area contributed by atoms with Gasteiger partial charge in [-0.15, -0.1) is 0 Å². The molecule has 0 fully saturated rings. The van der Waals surface area contributed by atoms with Gasteiger partial charge in [0.05, 0.1) is 10.7 Å². The number of nitro groups is 1. The van der Waals surface area contributed by atoms with E-state index >= 15 is 0 Å². The zero-order valence-electron chi connectivity index (χ0n) is 10.3. The van der Waals surface area contributed by atoms with Crippen molar-refractivity contribution in [2.45, 2.75) is 26.3 Å². The molecule has 1 aromatic carbocycles. The molecule has 0 heterocycles. The third-order valence-corrected chi connectivity index (χ3v) is 4.07. The summed E-state index contributed by atoms with van der Waals surface area (Å²) in [5.74, 6) is 0.0479. The number of nitrogens with zero attached hydrogens (tertiary/aromatic N) is 1. The van der Waals surface area contributed by atoms with Crippen LogP contribution < -0.4 is 4.72 Å². The molecule has 0 aromatic heterocycles. The normalized spacial score (nSPS) is 13.2. The van der Waals surface area contributed by atoms with E-state index in [4.69, 9.17) is 0 Å². The summed E-state index contributed by atoms with van der Waals surface area (Å²) in [7, 11) is -3.33. The molecule has 18 heavy (non-hydrogen) atoms. The number of nitro benzene ring substituents is 1. The standard InChI is InChI=1S/C11H16N2O4S/c1-3-7-18(16,17)12-9(2)10-5-4-6-11(8-10)13(14)15/h4-6,8-9,12H,3,7H2,1-2H3. The lowest BCUT2D eigenvalue weighted by Crippen LogP contribution is -2.28. The summed E-state index contributed by atoms with van der Waals surface area (Å²) in [5.41, 5.74) is 0.526. The quantitative estimate of drug-likeness (QED) is 0.633. The fourth-order valence-electron chi connectivity index (χ4n) is 1.57. The van der Waals surface area contributed by atoms with Crippen molar-refractivity contribution in [1.82, 2.24) is 4.72 Å². The van der Waals surface area contributed by atoms with Crippen molar-refractivity contribution >= 4 is 15.7 Å². The predicted molar refractivity (Wildman–Crippen MR) is 68.7 cm³/mol. The Hall–Kier alpha value is -1.47. The molecule has 0 saturated heterocycles. The van der Waals surface area contributed by atoms with Crippen LogP contribution in [0.25, 0.3) is 0 Å². The summed E-state index contributed by atoms with van der Waals surface area (Å²) in [6.45, 7) is 3.43. The van der Waals surface area contributed by atoms with Crippen LogP contribution in [0.1, 0.15) is 31.9 Å². The van der Waals surface area contributed by atoms with Crippen molar-refractivity contribution < 1.29 is 13.3 Å². The number of non-ortho nitro benzene ring substituents is 1. The van der Waals surface area contributed by atoms with Crippen molar-refractivity contribution in [2.24, 2.45) is 0 Å². The first kappa shape index (κ1) is 14.6. The van der Waals surface area contributed by atoms with Crippen molar-refractivity contribution in [2.75, 3.05) is 5.75 Å². The van der Waals surface area contributed by atoms with E-state index in [1.807, 2.05) is 0 Å². The Balaban J connectivity index is 2.88. The van der Waals surface area contributed by atoms with Crippen LogP contribution in [0.3, 0.4) is 0 Å². The molecular weight excluding hydrogens is 256 g/mol. The molecule has 0 aliphatic heterocycles. The molecule has 0 aliphatic carbocycles. The van der Waals surface area contributed by atoms with Crippen molar-refractivity contribution in [3.63, 3.8) is 0 Å². The molecule has 0 aliphatic rings. The Kier molecular flexibility index (Phi) is 4.80. The lowest BCUT2D eigenvalue weighted by molar-refractivity contribution is -0.384. The molecule has 0 amide bonds. The third kappa shape index (κ3) is 4.08. The summed E-state index contributed by atoms with van der Waals surface area (Å²) in [6, 6.07) is 5.46. The maximum atomic E-state index is 11.6. The highest BCUT2D eigenvalue weighted by Crippen LogP contribution is 2.19. The zero-order chi connectivity index (χ0) is 13.8. The van der Waals surface area contributed by atoms with E-state index in [1.165, 1.54) is 18.2 Å². The minimum Gasteiger partial charge on any atom is -0.258 e. The van der Waals surface area contributed by atoms with E-state index in [9.17, 15) is 18.5 Å². The SMILES string of the molecule is CCCS(=O)(=O)NC(C)c1cccc([N+](=O)[O-])c1. The van der Waals surface area contributed by atoms with Gasteiger partial charge in [0.2, 0.25) is 10.0 Å². The minimum absolute atomic E-state index is 0.0472. The molecule has 1 unspecified atom stereocenters. The molecule has 0 radical (unpaired) electrons. The second-order valence-electron chi connectivity index (χ2n) is 4.01. The molecule has 0 spiro atoms. The first-order valence-electron chi connectivity index (χ1n) is 5.60. The van der Waals surface area contributed by atoms with Gasteiger partial charge in [0, 0.05) is 18.2 Å². The number of rotatable bonds is 6. The Labute approximate surface area is 106 Å². The maximum absolute atomic E-state index is 11.6. The fraction of sp³-hybridized carbons (Fsp3) is 0.455. The van der Waals surface area contributed by atoms with Crippen LogP contribution in [-0.2, 0) is 10.0 Å². The average molecular weight is 272 g/mol. The first-order valence-corrected chi connectivity index (χ1v) is 7.25. The Morgan fingerprint density at radius 1 is 1.44 bits per heavy atom. The smallest absolute Gasteiger partial charge is 0.258 e. The molecule has 7 heteroatoms. The number of hydrogen-bond donors (Lipinski definition) is 1. The number of sulfonamides is 1. The van der Waals surface area contributed by atoms with Gasteiger partial charge in [-0.3, -0.25) is 10.1 Å². The van der Waals surface area contributed by atoms with Gasteiger partial charge in [0.1, 0.15) is 0 Å². The lowest BCUT2D eigenvalue weighted by Gasteiger charge is -2.14. The van der Waals surface area contributed by atoms with Crippen LogP contribution in [0.2, 0.25) is 0 Å². The van der Waals surface area contributed by atoms with Gasteiger partial charge in [-0.05, 0) is 18.9 Å². The predicted octanol–water partition coefficient (Wildman–Crippen LogP) is 1.99. The van der Waals surface area contributed by atoms with Crippen LogP contribution in [0.4, 0.5) is 5.69 Å².